The first kappa shape index (κ1) is 15.0. The van der Waals surface area contributed by atoms with Gasteiger partial charge in [-0.05, 0) is 51.5 Å². The minimum atomic E-state index is 0.272. The van der Waals surface area contributed by atoms with Crippen molar-refractivity contribution in [1.29, 1.82) is 0 Å². The number of nitrogens with one attached hydrogen (secondary N) is 1. The van der Waals surface area contributed by atoms with Crippen molar-refractivity contribution in [1.82, 2.24) is 5.32 Å². The van der Waals surface area contributed by atoms with Gasteiger partial charge >= 0.3 is 0 Å². The van der Waals surface area contributed by atoms with Gasteiger partial charge in [0.1, 0.15) is 0 Å². The molecule has 1 aliphatic rings. The Kier molecular flexibility index (Phi) is 5.99. The van der Waals surface area contributed by atoms with Crippen LogP contribution in [-0.2, 0) is 0 Å². The van der Waals surface area contributed by atoms with Gasteiger partial charge in [-0.3, -0.25) is 0 Å². The van der Waals surface area contributed by atoms with Gasteiger partial charge in [-0.25, -0.2) is 0 Å². The van der Waals surface area contributed by atoms with Crippen molar-refractivity contribution in [2.45, 2.75) is 78.7 Å². The molecule has 1 nitrogen and oxygen atoms in total. The molecular formula is C16H33N. The van der Waals surface area contributed by atoms with Crippen molar-refractivity contribution in [2.24, 2.45) is 17.8 Å². The largest absolute Gasteiger partial charge is 0.312 e. The van der Waals surface area contributed by atoms with E-state index in [1.165, 1.54) is 45.1 Å². The molecule has 0 heterocycles. The Bertz CT molecular complexity index is 196. The molecule has 0 radical (unpaired) electrons. The van der Waals surface area contributed by atoms with Crippen molar-refractivity contribution in [3.05, 3.63) is 0 Å². The molecule has 1 rings (SSSR count). The SMILES string of the molecule is CCC1CCC(CC(C)CNC(C)(C)C)CC1. The van der Waals surface area contributed by atoms with Crippen LogP contribution in [0.1, 0.15) is 73.1 Å². The molecule has 1 atom stereocenters. The molecule has 0 bridgehead atoms. The van der Waals surface area contributed by atoms with Crippen molar-refractivity contribution in [2.75, 3.05) is 6.54 Å². The third kappa shape index (κ3) is 6.45. The highest BCUT2D eigenvalue weighted by molar-refractivity contribution is 4.76. The third-order valence-electron chi connectivity index (χ3n) is 4.26. The van der Waals surface area contributed by atoms with Crippen LogP contribution in [0, 0.1) is 17.8 Å². The van der Waals surface area contributed by atoms with E-state index in [-0.39, 0.29) is 5.54 Å². The fraction of sp³-hybridized carbons (Fsp3) is 1.00. The van der Waals surface area contributed by atoms with E-state index in [4.69, 9.17) is 0 Å². The van der Waals surface area contributed by atoms with Gasteiger partial charge in [0.15, 0.2) is 0 Å². The summed E-state index contributed by atoms with van der Waals surface area (Å²) in [6.45, 7) is 12.7. The summed E-state index contributed by atoms with van der Waals surface area (Å²) in [6, 6.07) is 0. The smallest absolute Gasteiger partial charge is 0.00966 e. The summed E-state index contributed by atoms with van der Waals surface area (Å²) in [7, 11) is 0. The second-order valence-corrected chi connectivity index (χ2v) is 7.27. The van der Waals surface area contributed by atoms with Crippen LogP contribution in [0.2, 0.25) is 0 Å². The zero-order chi connectivity index (χ0) is 12.9. The molecule has 1 unspecified atom stereocenters. The van der Waals surface area contributed by atoms with Crippen LogP contribution < -0.4 is 5.32 Å². The topological polar surface area (TPSA) is 12.0 Å². The highest BCUT2D eigenvalue weighted by Crippen LogP contribution is 2.33. The second kappa shape index (κ2) is 6.78. The lowest BCUT2D eigenvalue weighted by Gasteiger charge is -2.30. The molecule has 0 aromatic rings. The molecule has 0 aromatic heterocycles. The number of rotatable bonds is 5. The van der Waals surface area contributed by atoms with E-state index >= 15 is 0 Å². The van der Waals surface area contributed by atoms with Gasteiger partial charge in [-0.1, -0.05) is 46.0 Å². The summed E-state index contributed by atoms with van der Waals surface area (Å²) in [5.41, 5.74) is 0.272. The molecule has 102 valence electrons. The van der Waals surface area contributed by atoms with Gasteiger partial charge < -0.3 is 5.32 Å². The van der Waals surface area contributed by atoms with Crippen LogP contribution in [0.25, 0.3) is 0 Å². The van der Waals surface area contributed by atoms with E-state index < -0.39 is 0 Å². The molecule has 0 aliphatic heterocycles. The normalized spacial score (nSPS) is 28.1. The van der Waals surface area contributed by atoms with E-state index in [2.05, 4.69) is 39.9 Å². The maximum Gasteiger partial charge on any atom is 0.00966 e. The molecule has 17 heavy (non-hydrogen) atoms. The van der Waals surface area contributed by atoms with Crippen molar-refractivity contribution in [3.8, 4) is 0 Å². The monoisotopic (exact) mass is 239 g/mol. The van der Waals surface area contributed by atoms with Crippen molar-refractivity contribution in [3.63, 3.8) is 0 Å². The molecule has 1 saturated carbocycles. The Morgan fingerprint density at radius 2 is 1.59 bits per heavy atom. The maximum absolute atomic E-state index is 3.63. The van der Waals surface area contributed by atoms with E-state index in [0.717, 1.165) is 17.8 Å². The van der Waals surface area contributed by atoms with Crippen molar-refractivity contribution >= 4 is 0 Å². The molecule has 1 aliphatic carbocycles. The molecule has 0 saturated heterocycles. The zero-order valence-electron chi connectivity index (χ0n) is 12.7. The molecule has 0 spiro atoms. The summed E-state index contributed by atoms with van der Waals surface area (Å²) in [6.07, 6.45) is 8.77. The highest BCUT2D eigenvalue weighted by Gasteiger charge is 2.22. The summed E-state index contributed by atoms with van der Waals surface area (Å²) in [5, 5.41) is 3.63. The summed E-state index contributed by atoms with van der Waals surface area (Å²) < 4.78 is 0. The van der Waals surface area contributed by atoms with E-state index in [0.29, 0.717) is 0 Å². The maximum atomic E-state index is 3.63. The first-order chi connectivity index (χ1) is 7.90. The van der Waals surface area contributed by atoms with E-state index in [9.17, 15) is 0 Å². The predicted molar refractivity (Wildman–Crippen MR) is 77.3 cm³/mol. The first-order valence-corrected chi connectivity index (χ1v) is 7.65. The lowest BCUT2D eigenvalue weighted by molar-refractivity contribution is 0.229. The summed E-state index contributed by atoms with van der Waals surface area (Å²) >= 11 is 0. The fourth-order valence-corrected chi connectivity index (χ4v) is 3.01. The number of hydrogen-bond acceptors (Lipinski definition) is 1. The van der Waals surface area contributed by atoms with Gasteiger partial charge in [-0.15, -0.1) is 0 Å². The Morgan fingerprint density at radius 1 is 1.06 bits per heavy atom. The molecular weight excluding hydrogens is 206 g/mol. The minimum Gasteiger partial charge on any atom is -0.312 e. The van der Waals surface area contributed by atoms with Gasteiger partial charge in [0.05, 0.1) is 0 Å². The van der Waals surface area contributed by atoms with Crippen LogP contribution in [0.4, 0.5) is 0 Å². The Hall–Kier alpha value is -0.0400. The van der Waals surface area contributed by atoms with Crippen LogP contribution in [0.15, 0.2) is 0 Å². The summed E-state index contributed by atoms with van der Waals surface area (Å²) in [4.78, 5) is 0. The van der Waals surface area contributed by atoms with Crippen LogP contribution in [0.3, 0.4) is 0 Å². The van der Waals surface area contributed by atoms with Gasteiger partial charge in [0, 0.05) is 5.54 Å². The van der Waals surface area contributed by atoms with Gasteiger partial charge in [0.2, 0.25) is 0 Å². The van der Waals surface area contributed by atoms with Crippen LogP contribution in [-0.4, -0.2) is 12.1 Å². The molecule has 0 amide bonds. The average molecular weight is 239 g/mol. The van der Waals surface area contributed by atoms with Gasteiger partial charge in [0.25, 0.3) is 0 Å². The molecule has 1 N–H and O–H groups in total. The van der Waals surface area contributed by atoms with E-state index in [1.807, 2.05) is 0 Å². The predicted octanol–water partition coefficient (Wildman–Crippen LogP) is 4.62. The quantitative estimate of drug-likeness (QED) is 0.738. The van der Waals surface area contributed by atoms with Crippen LogP contribution >= 0.6 is 0 Å². The van der Waals surface area contributed by atoms with Crippen LogP contribution in [0.5, 0.6) is 0 Å². The van der Waals surface area contributed by atoms with Gasteiger partial charge in [-0.2, -0.15) is 0 Å². The zero-order valence-corrected chi connectivity index (χ0v) is 12.7. The molecule has 1 heteroatoms. The molecule has 1 fully saturated rings. The summed E-state index contributed by atoms with van der Waals surface area (Å²) in [5.74, 6) is 2.88. The Balaban J connectivity index is 2.17. The highest BCUT2D eigenvalue weighted by atomic mass is 14.9. The lowest BCUT2D eigenvalue weighted by atomic mass is 9.77. The number of hydrogen-bond donors (Lipinski definition) is 1. The fourth-order valence-electron chi connectivity index (χ4n) is 3.01. The Labute approximate surface area is 109 Å². The van der Waals surface area contributed by atoms with Crippen molar-refractivity contribution < 1.29 is 0 Å². The minimum absolute atomic E-state index is 0.272. The lowest BCUT2D eigenvalue weighted by Crippen LogP contribution is -2.39. The van der Waals surface area contributed by atoms with E-state index in [1.54, 1.807) is 0 Å². The average Bonchev–Trinajstić information content (AvgIpc) is 2.27. The molecule has 0 aromatic carbocycles. The first-order valence-electron chi connectivity index (χ1n) is 7.65. The second-order valence-electron chi connectivity index (χ2n) is 7.27. The Morgan fingerprint density at radius 3 is 2.06 bits per heavy atom. The standard InChI is InChI=1S/C16H33N/c1-6-14-7-9-15(10-8-14)11-13(2)12-17-16(3,4)5/h13-15,17H,6-12H2,1-5H3. The third-order valence-corrected chi connectivity index (χ3v) is 4.26.